The maximum Gasteiger partial charge on any atom is 0.286 e. The Labute approximate surface area is 166 Å². The van der Waals surface area contributed by atoms with Crippen LogP contribution in [0.5, 0.6) is 0 Å². The Hall–Kier alpha value is -3.27. The third kappa shape index (κ3) is 4.11. The van der Waals surface area contributed by atoms with Crippen LogP contribution in [0.4, 0.5) is 5.69 Å². The van der Waals surface area contributed by atoms with Crippen molar-refractivity contribution < 1.29 is 19.2 Å². The molecule has 2 aromatic heterocycles. The fraction of sp³-hybridized carbons (Fsp3) is 0.421. The van der Waals surface area contributed by atoms with Gasteiger partial charge in [0.2, 0.25) is 0 Å². The molecule has 29 heavy (non-hydrogen) atoms. The number of ketones is 1. The number of nitrogens with two attached hydrogens (primary N) is 1. The molecule has 0 aliphatic carbocycles. The molecule has 154 valence electrons. The fourth-order valence-corrected chi connectivity index (χ4v) is 3.61. The number of carbonyl (C=O) groups is 2. The van der Waals surface area contributed by atoms with E-state index in [-0.39, 0.29) is 6.10 Å². The van der Waals surface area contributed by atoms with Crippen LogP contribution in [0.15, 0.2) is 23.1 Å². The monoisotopic (exact) mass is 402 g/mol. The van der Waals surface area contributed by atoms with Gasteiger partial charge < -0.3 is 19.6 Å². The molecule has 3 rings (SSSR count). The minimum Gasteiger partial charge on any atom is -0.376 e. The summed E-state index contributed by atoms with van der Waals surface area (Å²) in [5.41, 5.74) is 5.31. The number of hydrogen-bond donors (Lipinski definition) is 1. The van der Waals surface area contributed by atoms with Crippen LogP contribution in [0.2, 0.25) is 0 Å². The highest BCUT2D eigenvalue weighted by Crippen LogP contribution is 2.21. The summed E-state index contributed by atoms with van der Waals surface area (Å²) in [7, 11) is 0. The van der Waals surface area contributed by atoms with E-state index in [2.05, 4.69) is 0 Å². The molecule has 1 aliphatic heterocycles. The number of nitrogens with zero attached hydrogens (tertiary/aromatic N) is 3. The summed E-state index contributed by atoms with van der Waals surface area (Å²) in [6, 6.07) is 2.54. The van der Waals surface area contributed by atoms with Crippen molar-refractivity contribution in [3.05, 3.63) is 61.3 Å². The number of pyridine rings is 1. The Morgan fingerprint density at radius 3 is 2.62 bits per heavy atom. The quantitative estimate of drug-likeness (QED) is 0.421. The molecule has 10 heteroatoms. The van der Waals surface area contributed by atoms with E-state index in [0.717, 1.165) is 47.7 Å². The van der Waals surface area contributed by atoms with Crippen LogP contribution in [0.25, 0.3) is 0 Å². The van der Waals surface area contributed by atoms with Crippen molar-refractivity contribution in [2.45, 2.75) is 45.9 Å². The van der Waals surface area contributed by atoms with Gasteiger partial charge in [0.25, 0.3) is 17.2 Å². The van der Waals surface area contributed by atoms with Gasteiger partial charge in [0, 0.05) is 36.2 Å². The first-order valence-electron chi connectivity index (χ1n) is 9.19. The predicted molar refractivity (Wildman–Crippen MR) is 103 cm³/mol. The number of primary amides is 1. The molecule has 0 spiro atoms. The summed E-state index contributed by atoms with van der Waals surface area (Å²) in [6.45, 7) is 4.61. The molecule has 2 N–H and O–H groups in total. The smallest absolute Gasteiger partial charge is 0.286 e. The van der Waals surface area contributed by atoms with Crippen LogP contribution in [-0.2, 0) is 17.8 Å². The molecular weight excluding hydrogens is 380 g/mol. The molecular formula is C19H22N4O6. The molecule has 0 bridgehead atoms. The normalized spacial score (nSPS) is 16.1. The van der Waals surface area contributed by atoms with E-state index in [4.69, 9.17) is 10.5 Å². The number of aromatic nitrogens is 2. The average Bonchev–Trinajstić information content (AvgIpc) is 3.26. The van der Waals surface area contributed by atoms with Crippen molar-refractivity contribution in [2.75, 3.05) is 6.61 Å². The molecule has 1 atom stereocenters. The molecule has 1 fully saturated rings. The molecule has 3 heterocycles. The highest BCUT2D eigenvalue weighted by atomic mass is 16.6. The number of carbonyl (C=O) groups excluding carboxylic acids is 2. The van der Waals surface area contributed by atoms with Gasteiger partial charge in [0.05, 0.1) is 23.8 Å². The lowest BCUT2D eigenvalue weighted by atomic mass is 10.1. The van der Waals surface area contributed by atoms with Crippen LogP contribution in [0, 0.1) is 24.0 Å². The Kier molecular flexibility index (Phi) is 5.64. The third-order valence-electron chi connectivity index (χ3n) is 5.15. The second-order valence-corrected chi connectivity index (χ2v) is 7.12. The molecule has 1 unspecified atom stereocenters. The SMILES string of the molecule is Cc1cc(C(=O)Cn2cc([N+](=O)[O-])cc(C(N)=O)c2=O)c(C)n1CC1CCCO1. The first-order valence-corrected chi connectivity index (χ1v) is 9.19. The van der Waals surface area contributed by atoms with Gasteiger partial charge in [0.15, 0.2) is 5.78 Å². The molecule has 0 saturated carbocycles. The molecule has 1 aliphatic rings. The molecule has 2 aromatic rings. The summed E-state index contributed by atoms with van der Waals surface area (Å²) in [5.74, 6) is -1.48. The molecule has 1 amide bonds. The lowest BCUT2D eigenvalue weighted by Crippen LogP contribution is -2.31. The lowest BCUT2D eigenvalue weighted by molar-refractivity contribution is -0.385. The zero-order valence-corrected chi connectivity index (χ0v) is 16.2. The first kappa shape index (κ1) is 20.5. The van der Waals surface area contributed by atoms with E-state index in [1.165, 1.54) is 0 Å². The van der Waals surface area contributed by atoms with Crippen LogP contribution in [-0.4, -0.2) is 38.5 Å². The molecule has 1 saturated heterocycles. The van der Waals surface area contributed by atoms with E-state index < -0.39 is 40.0 Å². The summed E-state index contributed by atoms with van der Waals surface area (Å²) in [4.78, 5) is 47.1. The van der Waals surface area contributed by atoms with Crippen LogP contribution in [0.1, 0.15) is 44.9 Å². The summed E-state index contributed by atoms with van der Waals surface area (Å²) < 4.78 is 8.51. The summed E-state index contributed by atoms with van der Waals surface area (Å²) >= 11 is 0. The highest BCUT2D eigenvalue weighted by molar-refractivity contribution is 5.97. The van der Waals surface area contributed by atoms with E-state index in [1.807, 2.05) is 11.5 Å². The van der Waals surface area contributed by atoms with Crippen LogP contribution < -0.4 is 11.3 Å². The fourth-order valence-electron chi connectivity index (χ4n) is 3.61. The minimum atomic E-state index is -1.09. The second kappa shape index (κ2) is 8.00. The van der Waals surface area contributed by atoms with E-state index in [1.54, 1.807) is 13.0 Å². The standard InChI is InChI=1S/C19H22N4O6/c1-11-6-15(12(2)22(11)9-14-4-3-5-29-14)17(24)10-21-8-13(23(27)28)7-16(18(20)25)19(21)26/h6-8,14H,3-5,9-10H2,1-2H3,(H2,20,25). The zero-order valence-electron chi connectivity index (χ0n) is 16.2. The van der Waals surface area contributed by atoms with Gasteiger partial charge in [-0.1, -0.05) is 0 Å². The van der Waals surface area contributed by atoms with Crippen LogP contribution in [0.3, 0.4) is 0 Å². The Bertz CT molecular complexity index is 1050. The third-order valence-corrected chi connectivity index (χ3v) is 5.15. The van der Waals surface area contributed by atoms with Crippen molar-refractivity contribution in [2.24, 2.45) is 5.73 Å². The van der Waals surface area contributed by atoms with Crippen molar-refractivity contribution in [3.8, 4) is 0 Å². The number of amides is 1. The number of aryl methyl sites for hydroxylation is 1. The van der Waals surface area contributed by atoms with Crippen molar-refractivity contribution >= 4 is 17.4 Å². The molecule has 0 radical (unpaired) electrons. The maximum absolute atomic E-state index is 12.9. The Balaban J connectivity index is 1.92. The van der Waals surface area contributed by atoms with Gasteiger partial charge >= 0.3 is 0 Å². The minimum absolute atomic E-state index is 0.0975. The number of nitro groups is 1. The number of hydrogen-bond acceptors (Lipinski definition) is 6. The van der Waals surface area contributed by atoms with Crippen molar-refractivity contribution in [1.29, 1.82) is 0 Å². The van der Waals surface area contributed by atoms with Crippen molar-refractivity contribution in [3.63, 3.8) is 0 Å². The highest BCUT2D eigenvalue weighted by Gasteiger charge is 2.23. The van der Waals surface area contributed by atoms with E-state index in [9.17, 15) is 24.5 Å². The van der Waals surface area contributed by atoms with Gasteiger partial charge in [-0.25, -0.2) is 0 Å². The largest absolute Gasteiger partial charge is 0.376 e. The maximum atomic E-state index is 12.9. The predicted octanol–water partition coefficient (Wildman–Crippen LogP) is 1.34. The van der Waals surface area contributed by atoms with Crippen LogP contribution >= 0.6 is 0 Å². The van der Waals surface area contributed by atoms with Gasteiger partial charge in [-0.2, -0.15) is 0 Å². The average molecular weight is 402 g/mol. The number of ether oxygens (including phenoxy) is 1. The van der Waals surface area contributed by atoms with Gasteiger partial charge in [0.1, 0.15) is 5.56 Å². The van der Waals surface area contributed by atoms with E-state index in [0.29, 0.717) is 12.1 Å². The topological polar surface area (TPSA) is 139 Å². The number of rotatable bonds is 7. The van der Waals surface area contributed by atoms with E-state index >= 15 is 0 Å². The van der Waals surface area contributed by atoms with Crippen molar-refractivity contribution in [1.82, 2.24) is 9.13 Å². The zero-order chi connectivity index (χ0) is 21.3. The summed E-state index contributed by atoms with van der Waals surface area (Å²) in [6.07, 6.45) is 3.01. The summed E-state index contributed by atoms with van der Waals surface area (Å²) in [5, 5.41) is 11.1. The first-order chi connectivity index (χ1) is 13.7. The lowest BCUT2D eigenvalue weighted by Gasteiger charge is -2.15. The van der Waals surface area contributed by atoms with Gasteiger partial charge in [-0.3, -0.25) is 24.5 Å². The van der Waals surface area contributed by atoms with Gasteiger partial charge in [-0.15, -0.1) is 0 Å². The molecule has 10 nitrogen and oxygen atoms in total. The van der Waals surface area contributed by atoms with Gasteiger partial charge in [-0.05, 0) is 32.8 Å². The Morgan fingerprint density at radius 1 is 1.31 bits per heavy atom. The second-order valence-electron chi connectivity index (χ2n) is 7.12. The Morgan fingerprint density at radius 2 is 2.03 bits per heavy atom. The molecule has 0 aromatic carbocycles. The number of Topliss-reactive ketones (excluding diaryl/α,β-unsaturated/α-hetero) is 1.